The molecule has 1 heterocycles. The molecule has 0 unspecified atom stereocenters. The van der Waals surface area contributed by atoms with Gasteiger partial charge in [0.05, 0.1) is 0 Å². The number of nitrogens with zero attached hydrogens (tertiary/aromatic N) is 1. The van der Waals surface area contributed by atoms with Crippen LogP contribution in [0.2, 0.25) is 0 Å². The van der Waals surface area contributed by atoms with Crippen LogP contribution in [0.5, 0.6) is 11.5 Å². The van der Waals surface area contributed by atoms with Crippen molar-refractivity contribution in [2.75, 3.05) is 0 Å². The second kappa shape index (κ2) is 5.14. The van der Waals surface area contributed by atoms with Gasteiger partial charge in [-0.25, -0.2) is 4.98 Å². The number of rotatable bonds is 3. The van der Waals surface area contributed by atoms with Gasteiger partial charge in [-0.15, -0.1) is 0 Å². The molecule has 0 aliphatic rings. The summed E-state index contributed by atoms with van der Waals surface area (Å²) in [5.41, 5.74) is 8.38. The zero-order valence-corrected chi connectivity index (χ0v) is 11.1. The van der Waals surface area contributed by atoms with E-state index in [1.165, 1.54) is 5.56 Å². The Labute approximate surface area is 112 Å². The van der Waals surface area contributed by atoms with Crippen molar-refractivity contribution < 1.29 is 4.74 Å². The Hall–Kier alpha value is -1.94. The van der Waals surface area contributed by atoms with Gasteiger partial charge in [0.25, 0.3) is 0 Å². The average Bonchev–Trinajstić information content (AvgIpc) is 2.33. The van der Waals surface area contributed by atoms with E-state index in [0.717, 1.165) is 11.3 Å². The van der Waals surface area contributed by atoms with Crippen molar-refractivity contribution in [1.29, 1.82) is 0 Å². The van der Waals surface area contributed by atoms with Gasteiger partial charge in [0.1, 0.15) is 16.4 Å². The Kier molecular flexibility index (Phi) is 3.58. The van der Waals surface area contributed by atoms with Gasteiger partial charge in [0.2, 0.25) is 0 Å². The minimum absolute atomic E-state index is 0.232. The smallest absolute Gasteiger partial charge is 0.156 e. The highest BCUT2D eigenvalue weighted by atomic mass is 32.1. The third-order valence-electron chi connectivity index (χ3n) is 2.55. The van der Waals surface area contributed by atoms with E-state index in [2.05, 4.69) is 11.1 Å². The fourth-order valence-corrected chi connectivity index (χ4v) is 1.84. The third-order valence-corrected chi connectivity index (χ3v) is 2.75. The summed E-state index contributed by atoms with van der Waals surface area (Å²) in [4.78, 5) is 4.36. The Morgan fingerprint density at radius 3 is 2.67 bits per heavy atom. The number of pyridine rings is 1. The van der Waals surface area contributed by atoms with Gasteiger partial charge in [-0.3, -0.25) is 0 Å². The van der Waals surface area contributed by atoms with Crippen molar-refractivity contribution in [3.63, 3.8) is 0 Å². The summed E-state index contributed by atoms with van der Waals surface area (Å²) in [6.45, 7) is 4.04. The predicted molar refractivity (Wildman–Crippen MR) is 76.1 cm³/mol. The first-order valence-electron chi connectivity index (χ1n) is 5.58. The maximum Gasteiger partial charge on any atom is 0.156 e. The first kappa shape index (κ1) is 12.5. The first-order valence-corrected chi connectivity index (χ1v) is 5.98. The summed E-state index contributed by atoms with van der Waals surface area (Å²) in [6, 6.07) is 9.59. The van der Waals surface area contributed by atoms with Gasteiger partial charge in [0, 0.05) is 6.20 Å². The van der Waals surface area contributed by atoms with Crippen molar-refractivity contribution in [1.82, 2.24) is 4.98 Å². The number of aryl methyl sites for hydroxylation is 2. The molecule has 0 bridgehead atoms. The lowest BCUT2D eigenvalue weighted by Crippen LogP contribution is -2.12. The van der Waals surface area contributed by atoms with Crippen molar-refractivity contribution in [3.05, 3.63) is 53.3 Å². The second-order valence-electron chi connectivity index (χ2n) is 4.09. The summed E-state index contributed by atoms with van der Waals surface area (Å²) < 4.78 is 5.83. The summed E-state index contributed by atoms with van der Waals surface area (Å²) in [5, 5.41) is 0. The lowest BCUT2D eigenvalue weighted by molar-refractivity contribution is 0.475. The van der Waals surface area contributed by atoms with Gasteiger partial charge >= 0.3 is 0 Å². The van der Waals surface area contributed by atoms with Crippen molar-refractivity contribution in [3.8, 4) is 11.5 Å². The molecule has 0 aliphatic heterocycles. The number of hydrogen-bond donors (Lipinski definition) is 1. The Morgan fingerprint density at radius 2 is 2.00 bits per heavy atom. The minimum atomic E-state index is 0.232. The molecule has 0 fully saturated rings. The molecule has 18 heavy (non-hydrogen) atoms. The van der Waals surface area contributed by atoms with Crippen LogP contribution < -0.4 is 10.5 Å². The lowest BCUT2D eigenvalue weighted by Gasteiger charge is -2.11. The molecule has 0 aliphatic carbocycles. The molecule has 92 valence electrons. The Morgan fingerprint density at radius 1 is 1.22 bits per heavy atom. The standard InChI is InChI=1S/C14H14N2OS/c1-9-5-6-11(10(2)8-9)17-12-4-3-7-16-13(12)14(15)18/h3-8H,1-2H3,(H2,15,18). The van der Waals surface area contributed by atoms with Gasteiger partial charge in [0.15, 0.2) is 5.75 Å². The quantitative estimate of drug-likeness (QED) is 0.859. The van der Waals surface area contributed by atoms with E-state index in [0.29, 0.717) is 11.4 Å². The highest BCUT2D eigenvalue weighted by molar-refractivity contribution is 7.80. The molecule has 2 N–H and O–H groups in total. The molecule has 0 spiro atoms. The summed E-state index contributed by atoms with van der Waals surface area (Å²) in [5.74, 6) is 1.36. The molecule has 1 aromatic heterocycles. The van der Waals surface area contributed by atoms with Crippen LogP contribution in [0.1, 0.15) is 16.8 Å². The van der Waals surface area contributed by atoms with Gasteiger partial charge in [-0.2, -0.15) is 0 Å². The third kappa shape index (κ3) is 2.65. The highest BCUT2D eigenvalue weighted by Gasteiger charge is 2.09. The maximum atomic E-state index is 5.83. The number of hydrogen-bond acceptors (Lipinski definition) is 3. The predicted octanol–water partition coefficient (Wildman–Crippen LogP) is 3.12. The SMILES string of the molecule is Cc1ccc(Oc2cccnc2C(N)=S)c(C)c1. The number of nitrogens with two attached hydrogens (primary N) is 1. The Balaban J connectivity index is 2.37. The van der Waals surface area contributed by atoms with Crippen LogP contribution in [-0.2, 0) is 0 Å². The normalized spacial score (nSPS) is 10.1. The molecule has 1 aromatic carbocycles. The summed E-state index contributed by atoms with van der Waals surface area (Å²) >= 11 is 4.95. The first-order chi connectivity index (χ1) is 8.58. The minimum Gasteiger partial charge on any atom is -0.455 e. The number of benzene rings is 1. The van der Waals surface area contributed by atoms with E-state index in [1.807, 2.05) is 26.0 Å². The van der Waals surface area contributed by atoms with Crippen LogP contribution in [0.25, 0.3) is 0 Å². The van der Waals surface area contributed by atoms with E-state index in [-0.39, 0.29) is 4.99 Å². The summed E-state index contributed by atoms with van der Waals surface area (Å²) in [6.07, 6.45) is 1.64. The molecule has 2 rings (SSSR count). The van der Waals surface area contributed by atoms with Crippen molar-refractivity contribution in [2.45, 2.75) is 13.8 Å². The van der Waals surface area contributed by atoms with Crippen LogP contribution in [0, 0.1) is 13.8 Å². The van der Waals surface area contributed by atoms with E-state index in [1.54, 1.807) is 18.3 Å². The lowest BCUT2D eigenvalue weighted by atomic mass is 10.1. The highest BCUT2D eigenvalue weighted by Crippen LogP contribution is 2.27. The molecule has 4 heteroatoms. The molecule has 0 saturated heterocycles. The van der Waals surface area contributed by atoms with Crippen molar-refractivity contribution >= 4 is 17.2 Å². The zero-order chi connectivity index (χ0) is 13.1. The molecular weight excluding hydrogens is 244 g/mol. The number of aromatic nitrogens is 1. The van der Waals surface area contributed by atoms with E-state index in [9.17, 15) is 0 Å². The van der Waals surface area contributed by atoms with Gasteiger partial charge in [-0.05, 0) is 37.6 Å². The fraction of sp³-hybridized carbons (Fsp3) is 0.143. The number of ether oxygens (including phenoxy) is 1. The van der Waals surface area contributed by atoms with Crippen LogP contribution in [0.4, 0.5) is 0 Å². The van der Waals surface area contributed by atoms with Crippen LogP contribution in [-0.4, -0.2) is 9.97 Å². The summed E-state index contributed by atoms with van der Waals surface area (Å²) in [7, 11) is 0. The molecule has 2 aromatic rings. The fourth-order valence-electron chi connectivity index (χ4n) is 1.69. The van der Waals surface area contributed by atoms with E-state index >= 15 is 0 Å². The largest absolute Gasteiger partial charge is 0.455 e. The molecule has 3 nitrogen and oxygen atoms in total. The molecule has 0 saturated carbocycles. The van der Waals surface area contributed by atoms with Crippen LogP contribution in [0.15, 0.2) is 36.5 Å². The molecule has 0 amide bonds. The van der Waals surface area contributed by atoms with Gasteiger partial charge in [-0.1, -0.05) is 29.9 Å². The molecule has 0 atom stereocenters. The maximum absolute atomic E-state index is 5.83. The van der Waals surface area contributed by atoms with Crippen molar-refractivity contribution in [2.24, 2.45) is 5.73 Å². The monoisotopic (exact) mass is 258 g/mol. The zero-order valence-electron chi connectivity index (χ0n) is 10.3. The molecule has 0 radical (unpaired) electrons. The van der Waals surface area contributed by atoms with E-state index < -0.39 is 0 Å². The Bertz CT molecular complexity index is 596. The van der Waals surface area contributed by atoms with Gasteiger partial charge < -0.3 is 10.5 Å². The average molecular weight is 258 g/mol. The van der Waals surface area contributed by atoms with Crippen LogP contribution >= 0.6 is 12.2 Å². The molecular formula is C14H14N2OS. The second-order valence-corrected chi connectivity index (χ2v) is 4.53. The van der Waals surface area contributed by atoms with E-state index in [4.69, 9.17) is 22.7 Å². The topological polar surface area (TPSA) is 48.1 Å². The number of thiocarbonyl (C=S) groups is 1. The van der Waals surface area contributed by atoms with Crippen LogP contribution in [0.3, 0.4) is 0 Å².